The van der Waals surface area contributed by atoms with E-state index in [0.717, 1.165) is 37.6 Å². The number of fused-ring (bicyclic) bond motifs is 1. The van der Waals surface area contributed by atoms with Gasteiger partial charge in [0.25, 0.3) is 0 Å². The van der Waals surface area contributed by atoms with Gasteiger partial charge in [-0.05, 0) is 50.7 Å². The van der Waals surface area contributed by atoms with E-state index in [9.17, 15) is 0 Å². The van der Waals surface area contributed by atoms with E-state index < -0.39 is 0 Å². The maximum atomic E-state index is 5.63. The van der Waals surface area contributed by atoms with Crippen molar-refractivity contribution in [1.29, 1.82) is 0 Å². The first-order chi connectivity index (χ1) is 14.5. The summed E-state index contributed by atoms with van der Waals surface area (Å²) in [7, 11) is 3.39. The number of rotatable bonds is 7. The van der Waals surface area contributed by atoms with Crippen LogP contribution in [0.2, 0.25) is 0 Å². The van der Waals surface area contributed by atoms with Gasteiger partial charge in [0, 0.05) is 24.1 Å². The van der Waals surface area contributed by atoms with Crippen molar-refractivity contribution in [1.82, 2.24) is 10.6 Å². The van der Waals surface area contributed by atoms with Gasteiger partial charge in [-0.15, -0.1) is 0 Å². The Balaban J connectivity index is 1.97. The first-order valence-electron chi connectivity index (χ1n) is 10.7. The van der Waals surface area contributed by atoms with E-state index in [1.807, 2.05) is 0 Å². The van der Waals surface area contributed by atoms with Gasteiger partial charge in [-0.25, -0.2) is 0 Å². The number of hydrogen-bond donors (Lipinski definition) is 3. The highest BCUT2D eigenvalue weighted by molar-refractivity contribution is 7.80. The summed E-state index contributed by atoms with van der Waals surface area (Å²) < 4.78 is 11.2. The van der Waals surface area contributed by atoms with Gasteiger partial charge in [-0.2, -0.15) is 0 Å². The van der Waals surface area contributed by atoms with Crippen molar-refractivity contribution < 1.29 is 14.4 Å². The smallest absolute Gasteiger partial charge is 0.166 e. The molecule has 6 heteroatoms. The van der Waals surface area contributed by atoms with Crippen LogP contribution < -0.4 is 25.0 Å². The SMILES string of the molecule is CCNC(=S)N[C@H](C)[C@@H]1c2cc(OC)c(OC)cc2CC[NH+]1Cc1cccc(C)c1. The lowest BCUT2D eigenvalue weighted by molar-refractivity contribution is -0.948. The van der Waals surface area contributed by atoms with Gasteiger partial charge in [0.15, 0.2) is 16.6 Å². The molecular weight excluding hydrogens is 394 g/mol. The lowest BCUT2D eigenvalue weighted by Gasteiger charge is -2.38. The molecule has 1 heterocycles. The second-order valence-electron chi connectivity index (χ2n) is 8.00. The third-order valence-corrected chi connectivity index (χ3v) is 6.11. The van der Waals surface area contributed by atoms with Crippen molar-refractivity contribution in [2.24, 2.45) is 0 Å². The average molecular weight is 429 g/mol. The lowest BCUT2D eigenvalue weighted by atomic mass is 9.87. The summed E-state index contributed by atoms with van der Waals surface area (Å²) >= 11 is 5.49. The van der Waals surface area contributed by atoms with Crippen molar-refractivity contribution in [3.63, 3.8) is 0 Å². The molecule has 162 valence electrons. The Morgan fingerprint density at radius 1 is 1.20 bits per heavy atom. The van der Waals surface area contributed by atoms with Crippen molar-refractivity contribution in [2.45, 2.75) is 45.8 Å². The van der Waals surface area contributed by atoms with Crippen molar-refractivity contribution in [2.75, 3.05) is 27.3 Å². The average Bonchev–Trinajstić information content (AvgIpc) is 2.72. The maximum Gasteiger partial charge on any atom is 0.166 e. The molecule has 0 saturated heterocycles. The topological polar surface area (TPSA) is 47.0 Å². The van der Waals surface area contributed by atoms with Gasteiger partial charge in [0.1, 0.15) is 12.6 Å². The number of benzene rings is 2. The predicted molar refractivity (Wildman–Crippen MR) is 126 cm³/mol. The number of quaternary nitrogens is 1. The first kappa shape index (κ1) is 22.4. The van der Waals surface area contributed by atoms with Crippen LogP contribution in [0, 0.1) is 6.92 Å². The molecule has 3 atom stereocenters. The van der Waals surface area contributed by atoms with E-state index in [2.05, 4.69) is 67.8 Å². The fraction of sp³-hybridized carbons (Fsp3) is 0.458. The molecule has 3 N–H and O–H groups in total. The zero-order valence-electron chi connectivity index (χ0n) is 18.7. The fourth-order valence-electron chi connectivity index (χ4n) is 4.52. The van der Waals surface area contributed by atoms with Gasteiger partial charge in [0.2, 0.25) is 0 Å². The van der Waals surface area contributed by atoms with Gasteiger partial charge in [-0.1, -0.05) is 29.8 Å². The normalized spacial score (nSPS) is 18.8. The Morgan fingerprint density at radius 2 is 1.93 bits per heavy atom. The largest absolute Gasteiger partial charge is 0.493 e. The highest BCUT2D eigenvalue weighted by atomic mass is 32.1. The number of thiocarbonyl (C=S) groups is 1. The van der Waals surface area contributed by atoms with Crippen LogP contribution in [0.4, 0.5) is 0 Å². The third-order valence-electron chi connectivity index (χ3n) is 5.85. The molecule has 1 unspecified atom stereocenters. The first-order valence-corrected chi connectivity index (χ1v) is 11.1. The molecule has 1 aliphatic rings. The van der Waals surface area contributed by atoms with E-state index >= 15 is 0 Å². The van der Waals surface area contributed by atoms with Gasteiger partial charge in [-0.3, -0.25) is 0 Å². The third kappa shape index (κ3) is 5.05. The summed E-state index contributed by atoms with van der Waals surface area (Å²) in [6.45, 7) is 9.27. The molecule has 3 rings (SSSR count). The molecule has 0 bridgehead atoms. The van der Waals surface area contributed by atoms with E-state index in [4.69, 9.17) is 21.7 Å². The van der Waals surface area contributed by atoms with Crippen LogP contribution in [-0.4, -0.2) is 38.5 Å². The molecule has 2 aromatic carbocycles. The van der Waals surface area contributed by atoms with E-state index in [1.165, 1.54) is 27.2 Å². The molecule has 0 aromatic heterocycles. The van der Waals surface area contributed by atoms with Crippen molar-refractivity contribution in [3.05, 3.63) is 58.7 Å². The Labute approximate surface area is 185 Å². The molecule has 0 saturated carbocycles. The van der Waals surface area contributed by atoms with Crippen molar-refractivity contribution in [3.8, 4) is 11.5 Å². The summed E-state index contributed by atoms with van der Waals surface area (Å²) in [6.07, 6.45) is 1.01. The fourth-order valence-corrected chi connectivity index (χ4v) is 4.85. The summed E-state index contributed by atoms with van der Waals surface area (Å²) in [4.78, 5) is 1.53. The number of methoxy groups -OCH3 is 2. The van der Waals surface area contributed by atoms with Crippen LogP contribution in [0.3, 0.4) is 0 Å². The summed E-state index contributed by atoms with van der Waals surface area (Å²) in [5, 5.41) is 7.43. The molecule has 2 aromatic rings. The van der Waals surface area contributed by atoms with Crippen LogP contribution in [0.1, 0.15) is 42.1 Å². The minimum absolute atomic E-state index is 0.161. The predicted octanol–water partition coefficient (Wildman–Crippen LogP) is 2.57. The molecule has 0 fully saturated rings. The quantitative estimate of drug-likeness (QED) is 0.592. The number of ether oxygens (including phenoxy) is 2. The number of nitrogens with one attached hydrogen (secondary N) is 3. The lowest BCUT2D eigenvalue weighted by Crippen LogP contribution is -3.13. The number of hydrogen-bond acceptors (Lipinski definition) is 3. The highest BCUT2D eigenvalue weighted by Crippen LogP contribution is 2.35. The van der Waals surface area contributed by atoms with Crippen molar-refractivity contribution >= 4 is 17.3 Å². The monoisotopic (exact) mass is 428 g/mol. The second kappa shape index (κ2) is 10.1. The highest BCUT2D eigenvalue weighted by Gasteiger charge is 2.36. The zero-order valence-corrected chi connectivity index (χ0v) is 19.5. The molecule has 1 aliphatic heterocycles. The van der Waals surface area contributed by atoms with E-state index in [1.54, 1.807) is 14.2 Å². The summed E-state index contributed by atoms with van der Waals surface area (Å²) in [5.41, 5.74) is 5.29. The molecule has 0 radical (unpaired) electrons. The molecule has 30 heavy (non-hydrogen) atoms. The Bertz CT molecular complexity index is 887. The minimum Gasteiger partial charge on any atom is -0.493 e. The van der Waals surface area contributed by atoms with Crippen LogP contribution >= 0.6 is 12.2 Å². The standard InChI is InChI=1S/C24H33N3O2S/c1-6-25-24(30)26-17(3)23-20-14-22(29-5)21(28-4)13-19(20)10-11-27(23)15-18-9-7-8-16(2)12-18/h7-9,12-14,17,23H,6,10-11,15H2,1-5H3,(H2,25,26,30)/p+1/t17-,23-/m1/s1. The Morgan fingerprint density at radius 3 is 2.60 bits per heavy atom. The molecule has 5 nitrogen and oxygen atoms in total. The van der Waals surface area contributed by atoms with Crippen LogP contribution in [0.25, 0.3) is 0 Å². The van der Waals surface area contributed by atoms with Gasteiger partial charge < -0.3 is 25.0 Å². The maximum absolute atomic E-state index is 5.63. The summed E-state index contributed by atoms with van der Waals surface area (Å²) in [5.74, 6) is 1.57. The zero-order chi connectivity index (χ0) is 21.7. The molecular formula is C24H34N3O2S+. The Kier molecular flexibility index (Phi) is 7.56. The minimum atomic E-state index is 0.161. The second-order valence-corrected chi connectivity index (χ2v) is 8.41. The molecule has 0 aliphatic carbocycles. The van der Waals surface area contributed by atoms with Gasteiger partial charge in [0.05, 0.1) is 26.8 Å². The van der Waals surface area contributed by atoms with Crippen LogP contribution in [0.5, 0.6) is 11.5 Å². The van der Waals surface area contributed by atoms with E-state index in [0.29, 0.717) is 5.11 Å². The summed E-state index contributed by atoms with van der Waals surface area (Å²) in [6, 6.07) is 13.5. The van der Waals surface area contributed by atoms with Crippen LogP contribution in [-0.2, 0) is 13.0 Å². The Hall–Kier alpha value is -2.31. The molecule has 0 amide bonds. The number of aryl methyl sites for hydroxylation is 1. The van der Waals surface area contributed by atoms with Crippen LogP contribution in [0.15, 0.2) is 36.4 Å². The van der Waals surface area contributed by atoms with E-state index in [-0.39, 0.29) is 12.1 Å². The van der Waals surface area contributed by atoms with Gasteiger partial charge >= 0.3 is 0 Å². The molecule has 0 spiro atoms.